The molecule has 3 aromatic rings. The second kappa shape index (κ2) is 6.43. The van der Waals surface area contributed by atoms with E-state index in [2.05, 4.69) is 22.1 Å². The molecule has 0 spiro atoms. The largest absolute Gasteiger partial charge is 0.467 e. The van der Waals surface area contributed by atoms with Crippen molar-refractivity contribution in [2.24, 2.45) is 5.73 Å². The first-order chi connectivity index (χ1) is 12.2. The molecule has 1 aromatic heterocycles. The first-order valence-electron chi connectivity index (χ1n) is 8.46. The van der Waals surface area contributed by atoms with E-state index in [-0.39, 0.29) is 12.3 Å². The van der Waals surface area contributed by atoms with Crippen molar-refractivity contribution in [2.75, 3.05) is 13.9 Å². The normalized spacial score (nSPS) is 15.8. The van der Waals surface area contributed by atoms with Crippen molar-refractivity contribution >= 4 is 10.8 Å². The Labute approximate surface area is 146 Å². The van der Waals surface area contributed by atoms with Gasteiger partial charge in [-0.25, -0.2) is 9.97 Å². The van der Waals surface area contributed by atoms with Gasteiger partial charge < -0.3 is 15.2 Å². The number of nitrogens with two attached hydrogens (primary N) is 1. The van der Waals surface area contributed by atoms with Crippen molar-refractivity contribution in [1.29, 1.82) is 0 Å². The molecule has 1 saturated carbocycles. The molecule has 0 aliphatic heterocycles. The van der Waals surface area contributed by atoms with Crippen molar-refractivity contribution < 1.29 is 9.47 Å². The molecular weight excluding hydrogens is 314 g/mol. The lowest BCUT2D eigenvalue weighted by atomic mass is 9.77. The molecule has 25 heavy (non-hydrogen) atoms. The van der Waals surface area contributed by atoms with Crippen LogP contribution in [-0.2, 0) is 10.3 Å². The standard InChI is InChI=1S/C20H21N3O2/c1-24-13-25-17-8-7-14-5-2-3-6-16(14)18(17)15-11-22-19(23-12-15)20(21)9-4-10-20/h2-3,5-8,11-12H,4,9-10,13,21H2,1H3. The van der Waals surface area contributed by atoms with Gasteiger partial charge in [-0.3, -0.25) is 0 Å². The molecule has 0 atom stereocenters. The van der Waals surface area contributed by atoms with Gasteiger partial charge in [-0.05, 0) is 36.1 Å². The summed E-state index contributed by atoms with van der Waals surface area (Å²) in [4.78, 5) is 9.11. The third-order valence-electron chi connectivity index (χ3n) is 4.85. The van der Waals surface area contributed by atoms with Crippen LogP contribution in [0.1, 0.15) is 25.1 Å². The maximum absolute atomic E-state index is 6.33. The highest BCUT2D eigenvalue weighted by Crippen LogP contribution is 2.39. The number of benzene rings is 2. The quantitative estimate of drug-likeness (QED) is 0.721. The number of rotatable bonds is 5. The van der Waals surface area contributed by atoms with Gasteiger partial charge in [0.25, 0.3) is 0 Å². The fourth-order valence-electron chi connectivity index (χ4n) is 3.29. The number of aromatic nitrogens is 2. The van der Waals surface area contributed by atoms with Gasteiger partial charge in [0.1, 0.15) is 11.6 Å². The molecular formula is C20H21N3O2. The van der Waals surface area contributed by atoms with Crippen LogP contribution in [0.5, 0.6) is 5.75 Å². The molecule has 0 unspecified atom stereocenters. The Hall–Kier alpha value is -2.50. The molecule has 2 aromatic carbocycles. The van der Waals surface area contributed by atoms with Gasteiger partial charge in [0.2, 0.25) is 0 Å². The lowest BCUT2D eigenvalue weighted by molar-refractivity contribution is 0.0516. The van der Waals surface area contributed by atoms with Gasteiger partial charge >= 0.3 is 0 Å². The fraction of sp³-hybridized carbons (Fsp3) is 0.300. The van der Waals surface area contributed by atoms with E-state index in [0.717, 1.165) is 52.7 Å². The second-order valence-corrected chi connectivity index (χ2v) is 6.52. The molecule has 0 radical (unpaired) electrons. The highest BCUT2D eigenvalue weighted by atomic mass is 16.7. The summed E-state index contributed by atoms with van der Waals surface area (Å²) in [6.07, 6.45) is 6.72. The van der Waals surface area contributed by atoms with E-state index in [4.69, 9.17) is 15.2 Å². The highest BCUT2D eigenvalue weighted by molar-refractivity contribution is 5.99. The summed E-state index contributed by atoms with van der Waals surface area (Å²) < 4.78 is 10.8. The van der Waals surface area contributed by atoms with Crippen LogP contribution in [0.3, 0.4) is 0 Å². The topological polar surface area (TPSA) is 70.3 Å². The predicted molar refractivity (Wildman–Crippen MR) is 97.2 cm³/mol. The Bertz CT molecular complexity index is 889. The van der Waals surface area contributed by atoms with Crippen molar-refractivity contribution in [1.82, 2.24) is 9.97 Å². The Morgan fingerprint density at radius 1 is 1.08 bits per heavy atom. The minimum absolute atomic E-state index is 0.191. The van der Waals surface area contributed by atoms with Gasteiger partial charge in [-0.1, -0.05) is 30.3 Å². The minimum atomic E-state index is -0.354. The van der Waals surface area contributed by atoms with Crippen LogP contribution in [0, 0.1) is 0 Å². The zero-order chi connectivity index (χ0) is 17.3. The van der Waals surface area contributed by atoms with Gasteiger partial charge in [-0.15, -0.1) is 0 Å². The molecule has 0 amide bonds. The monoisotopic (exact) mass is 335 g/mol. The lowest BCUT2D eigenvalue weighted by Gasteiger charge is -2.36. The van der Waals surface area contributed by atoms with Crippen LogP contribution >= 0.6 is 0 Å². The van der Waals surface area contributed by atoms with Crippen molar-refractivity contribution in [3.8, 4) is 16.9 Å². The SMILES string of the molecule is COCOc1ccc2ccccc2c1-c1cnc(C2(N)CCC2)nc1. The van der Waals surface area contributed by atoms with Crippen LogP contribution in [0.2, 0.25) is 0 Å². The Morgan fingerprint density at radius 2 is 1.84 bits per heavy atom. The van der Waals surface area contributed by atoms with E-state index in [1.165, 1.54) is 0 Å². The van der Waals surface area contributed by atoms with Crippen molar-refractivity contribution in [3.63, 3.8) is 0 Å². The number of nitrogens with zero attached hydrogens (tertiary/aromatic N) is 2. The summed E-state index contributed by atoms with van der Waals surface area (Å²) >= 11 is 0. The number of hydrogen-bond acceptors (Lipinski definition) is 5. The van der Waals surface area contributed by atoms with Crippen molar-refractivity contribution in [3.05, 3.63) is 54.6 Å². The predicted octanol–water partition coefficient (Wildman–Crippen LogP) is 3.62. The highest BCUT2D eigenvalue weighted by Gasteiger charge is 2.37. The second-order valence-electron chi connectivity index (χ2n) is 6.52. The number of hydrogen-bond donors (Lipinski definition) is 1. The molecule has 0 saturated heterocycles. The zero-order valence-corrected chi connectivity index (χ0v) is 14.2. The molecule has 2 N–H and O–H groups in total. The van der Waals surface area contributed by atoms with Crippen LogP contribution in [0.15, 0.2) is 48.8 Å². The van der Waals surface area contributed by atoms with Gasteiger partial charge in [-0.2, -0.15) is 0 Å². The van der Waals surface area contributed by atoms with Crippen LogP contribution < -0.4 is 10.5 Å². The minimum Gasteiger partial charge on any atom is -0.467 e. The summed E-state index contributed by atoms with van der Waals surface area (Å²) in [6, 6.07) is 12.2. The van der Waals surface area contributed by atoms with E-state index in [9.17, 15) is 0 Å². The molecule has 0 bridgehead atoms. The Morgan fingerprint density at radius 3 is 2.52 bits per heavy atom. The molecule has 128 valence electrons. The van der Waals surface area contributed by atoms with Crippen LogP contribution in [-0.4, -0.2) is 23.9 Å². The molecule has 1 aliphatic carbocycles. The van der Waals surface area contributed by atoms with E-state index in [1.807, 2.05) is 36.7 Å². The van der Waals surface area contributed by atoms with Gasteiger partial charge in [0, 0.05) is 30.6 Å². The van der Waals surface area contributed by atoms with Crippen LogP contribution in [0.25, 0.3) is 21.9 Å². The maximum Gasteiger partial charge on any atom is 0.188 e. The third-order valence-corrected chi connectivity index (χ3v) is 4.85. The molecule has 4 rings (SSSR count). The molecule has 1 fully saturated rings. The summed E-state index contributed by atoms with van der Waals surface area (Å²) in [5, 5.41) is 2.24. The summed E-state index contributed by atoms with van der Waals surface area (Å²) in [6.45, 7) is 0.191. The zero-order valence-electron chi connectivity index (χ0n) is 14.2. The van der Waals surface area contributed by atoms with E-state index in [0.29, 0.717) is 0 Å². The molecule has 5 heteroatoms. The average molecular weight is 335 g/mol. The summed E-state index contributed by atoms with van der Waals surface area (Å²) in [5.41, 5.74) is 7.86. The molecule has 1 heterocycles. The third kappa shape index (κ3) is 2.86. The van der Waals surface area contributed by atoms with Gasteiger partial charge in [0.05, 0.1) is 5.54 Å². The molecule has 5 nitrogen and oxygen atoms in total. The summed E-state index contributed by atoms with van der Waals surface area (Å²) in [5.74, 6) is 1.48. The smallest absolute Gasteiger partial charge is 0.188 e. The van der Waals surface area contributed by atoms with E-state index >= 15 is 0 Å². The Kier molecular flexibility index (Phi) is 4.11. The number of fused-ring (bicyclic) bond motifs is 1. The van der Waals surface area contributed by atoms with Gasteiger partial charge in [0.15, 0.2) is 6.79 Å². The molecule has 1 aliphatic rings. The van der Waals surface area contributed by atoms with Crippen LogP contribution in [0.4, 0.5) is 0 Å². The maximum atomic E-state index is 6.33. The van der Waals surface area contributed by atoms with E-state index < -0.39 is 0 Å². The first kappa shape index (κ1) is 16.0. The number of ether oxygens (including phenoxy) is 2. The fourth-order valence-corrected chi connectivity index (χ4v) is 3.29. The summed E-state index contributed by atoms with van der Waals surface area (Å²) in [7, 11) is 1.61. The average Bonchev–Trinajstić information content (AvgIpc) is 2.64. The lowest BCUT2D eigenvalue weighted by Crippen LogP contribution is -2.44. The number of methoxy groups -OCH3 is 1. The van der Waals surface area contributed by atoms with E-state index in [1.54, 1.807) is 7.11 Å². The van der Waals surface area contributed by atoms with Crippen molar-refractivity contribution in [2.45, 2.75) is 24.8 Å². The first-order valence-corrected chi connectivity index (χ1v) is 8.46. The Balaban J connectivity index is 1.81.